The molecule has 13 N–H and O–H groups in total. The SMILES string of the molecule is CCC[C@H](NC(=O)[C@@H](NC(=O)[C@@H](CC(C)C)NC(=O)[C@@H](NC(=O)CNC(=O)CN(C)C(C)=O)C(C)C)[C@@H](C)O)C(=O)N[C@@H](CC(C)C)C(=O)N[C@@H](CCCN=C(N)N)C(=O)N1CCC[C@H]1C(=O)NCC. The Morgan fingerprint density at radius 1 is 0.686 bits per heavy atom. The molecule has 0 unspecified atom stereocenters. The second kappa shape index (κ2) is 31.2. The highest BCUT2D eigenvalue weighted by atomic mass is 16.3. The molecule has 0 spiro atoms. The van der Waals surface area contributed by atoms with Crippen molar-refractivity contribution in [3.05, 3.63) is 0 Å². The molecule has 0 radical (unpaired) electrons. The second-order valence-corrected chi connectivity index (χ2v) is 19.0. The van der Waals surface area contributed by atoms with Crippen LogP contribution >= 0.6 is 0 Å². The van der Waals surface area contributed by atoms with Crippen LogP contribution in [0.25, 0.3) is 0 Å². The van der Waals surface area contributed by atoms with Gasteiger partial charge in [0.15, 0.2) is 5.96 Å². The Balaban J connectivity index is 3.29. The average Bonchev–Trinajstić information content (AvgIpc) is 3.76. The largest absolute Gasteiger partial charge is 0.391 e. The number of rotatable bonds is 30. The molecule has 0 aromatic heterocycles. The Bertz CT molecular complexity index is 1820. The van der Waals surface area contributed by atoms with Crippen LogP contribution in [-0.2, 0) is 47.9 Å². The summed E-state index contributed by atoms with van der Waals surface area (Å²) in [6.45, 7) is 16.7. The van der Waals surface area contributed by atoms with Crippen LogP contribution < -0.4 is 54.0 Å². The number of nitrogens with two attached hydrogens (primary N) is 2. The third kappa shape index (κ3) is 22.1. The molecule has 0 saturated carbocycles. The van der Waals surface area contributed by atoms with Crippen molar-refractivity contribution < 1.29 is 53.1 Å². The number of hydrogen-bond donors (Lipinski definition) is 11. The summed E-state index contributed by atoms with van der Waals surface area (Å²) in [6.07, 6.45) is 0.648. The van der Waals surface area contributed by atoms with Gasteiger partial charge in [-0.2, -0.15) is 0 Å². The number of likely N-dealkylation sites (N-methyl/N-ethyl adjacent to an activating group) is 2. The molecule has 1 fully saturated rings. The summed E-state index contributed by atoms with van der Waals surface area (Å²) in [6, 6.07) is -8.28. The van der Waals surface area contributed by atoms with Crippen molar-refractivity contribution in [2.24, 2.45) is 34.2 Å². The summed E-state index contributed by atoms with van der Waals surface area (Å²) < 4.78 is 0. The summed E-state index contributed by atoms with van der Waals surface area (Å²) in [7, 11) is 1.42. The number of amides is 10. The van der Waals surface area contributed by atoms with Crippen LogP contribution in [0.3, 0.4) is 0 Å². The number of carbonyl (C=O) groups excluding carboxylic acids is 10. The Labute approximate surface area is 412 Å². The number of aliphatic imine (C=N–C) groups is 1. The van der Waals surface area contributed by atoms with Gasteiger partial charge in [-0.15, -0.1) is 0 Å². The molecule has 10 amide bonds. The number of guanidine groups is 1. The Morgan fingerprint density at radius 3 is 1.73 bits per heavy atom. The van der Waals surface area contributed by atoms with Gasteiger partial charge >= 0.3 is 0 Å². The van der Waals surface area contributed by atoms with Gasteiger partial charge in [0, 0.05) is 33.6 Å². The van der Waals surface area contributed by atoms with E-state index in [9.17, 15) is 53.1 Å². The molecule has 0 bridgehead atoms. The normalized spacial score (nSPS) is 16.3. The molecule has 24 nitrogen and oxygen atoms in total. The van der Waals surface area contributed by atoms with Crippen molar-refractivity contribution in [3.8, 4) is 0 Å². The molecule has 398 valence electrons. The summed E-state index contributed by atoms with van der Waals surface area (Å²) in [5.41, 5.74) is 11.0. The lowest BCUT2D eigenvalue weighted by atomic mass is 9.99. The molecule has 24 heteroatoms. The lowest BCUT2D eigenvalue weighted by Crippen LogP contribution is -2.62. The van der Waals surface area contributed by atoms with E-state index in [0.717, 1.165) is 4.90 Å². The first-order valence-corrected chi connectivity index (χ1v) is 24.3. The van der Waals surface area contributed by atoms with E-state index in [4.69, 9.17) is 11.5 Å². The Hall–Kier alpha value is -6.07. The van der Waals surface area contributed by atoms with Crippen LogP contribution in [0, 0.1) is 17.8 Å². The van der Waals surface area contributed by atoms with Crippen LogP contribution in [0.5, 0.6) is 0 Å². The number of aliphatic hydroxyl groups excluding tert-OH is 1. The van der Waals surface area contributed by atoms with Crippen molar-refractivity contribution in [3.63, 3.8) is 0 Å². The quantitative estimate of drug-likeness (QED) is 0.0203. The fraction of sp³-hybridized carbons (Fsp3) is 0.761. The maximum absolute atomic E-state index is 14.1. The fourth-order valence-electron chi connectivity index (χ4n) is 7.57. The first-order chi connectivity index (χ1) is 32.7. The first kappa shape index (κ1) is 61.9. The number of nitrogens with one attached hydrogen (secondary N) is 8. The molecule has 8 atom stereocenters. The minimum absolute atomic E-state index is 0.0832. The highest BCUT2D eigenvalue weighted by Crippen LogP contribution is 2.20. The van der Waals surface area contributed by atoms with Crippen molar-refractivity contribution in [2.75, 3.05) is 39.8 Å². The summed E-state index contributed by atoms with van der Waals surface area (Å²) in [4.78, 5) is 139. The number of carbonyl (C=O) groups is 10. The van der Waals surface area contributed by atoms with Gasteiger partial charge in [-0.05, 0) is 76.5 Å². The zero-order chi connectivity index (χ0) is 53.4. The van der Waals surface area contributed by atoms with E-state index >= 15 is 0 Å². The maximum atomic E-state index is 14.1. The zero-order valence-electron chi connectivity index (χ0n) is 43.1. The highest BCUT2D eigenvalue weighted by molar-refractivity contribution is 5.98. The van der Waals surface area contributed by atoms with Crippen molar-refractivity contribution in [2.45, 2.75) is 169 Å². The van der Waals surface area contributed by atoms with Gasteiger partial charge in [-0.1, -0.05) is 54.9 Å². The monoisotopic (exact) mass is 994 g/mol. The molecular weight excluding hydrogens is 911 g/mol. The van der Waals surface area contributed by atoms with E-state index < -0.39 is 108 Å². The van der Waals surface area contributed by atoms with Gasteiger partial charge in [0.05, 0.1) is 19.2 Å². The molecule has 1 heterocycles. The Morgan fingerprint density at radius 2 is 1.21 bits per heavy atom. The highest BCUT2D eigenvalue weighted by Gasteiger charge is 2.39. The van der Waals surface area contributed by atoms with E-state index in [0.29, 0.717) is 38.8 Å². The zero-order valence-corrected chi connectivity index (χ0v) is 43.1. The third-order valence-corrected chi connectivity index (χ3v) is 11.3. The molecule has 0 aromatic carbocycles. The van der Waals surface area contributed by atoms with E-state index in [1.807, 2.05) is 13.8 Å². The Kier molecular flexibility index (Phi) is 27.6. The third-order valence-electron chi connectivity index (χ3n) is 11.3. The van der Waals surface area contributed by atoms with Gasteiger partial charge in [-0.3, -0.25) is 52.9 Å². The summed E-state index contributed by atoms with van der Waals surface area (Å²) in [5, 5.41) is 31.8. The van der Waals surface area contributed by atoms with Crippen LogP contribution in [0.4, 0.5) is 0 Å². The van der Waals surface area contributed by atoms with E-state index in [-0.39, 0.29) is 68.4 Å². The van der Waals surface area contributed by atoms with Crippen LogP contribution in [0.15, 0.2) is 4.99 Å². The topological polar surface area (TPSA) is 358 Å². The number of hydrogen-bond acceptors (Lipinski definition) is 12. The van der Waals surface area contributed by atoms with Gasteiger partial charge < -0.3 is 68.9 Å². The standard InChI is InChI=1S/C46H83N13O11/c1-12-16-30(39(64)54-32(21-25(3)4)40(65)53-31(17-14-19-50-46(47)48)45(70)59-20-15-18-34(59)42(67)49-13-2)52-44(69)38(28(9)60)57-41(66)33(22-26(5)6)55-43(68)37(27(7)8)56-35(62)23-51-36(63)24-58(11)29(10)61/h25-28,30-34,37-38,60H,12-24H2,1-11H3,(H,49,67)(H,51,63)(H,52,69)(H,53,65)(H,54,64)(H,55,68)(H,56,62)(H,57,66)(H4,47,48,50)/t28-,30+,31+,32+,33-,34+,37+,38+/m1/s1. The molecule has 1 aliphatic rings. The van der Waals surface area contributed by atoms with Crippen molar-refractivity contribution >= 4 is 65.0 Å². The lowest BCUT2D eigenvalue weighted by Gasteiger charge is -2.31. The number of aliphatic hydroxyl groups is 1. The second-order valence-electron chi connectivity index (χ2n) is 19.0. The van der Waals surface area contributed by atoms with Gasteiger partial charge in [0.25, 0.3) is 0 Å². The van der Waals surface area contributed by atoms with Gasteiger partial charge in [-0.25, -0.2) is 0 Å². The summed E-state index contributed by atoms with van der Waals surface area (Å²) in [5.74, 6) is -7.26. The molecule has 0 aromatic rings. The summed E-state index contributed by atoms with van der Waals surface area (Å²) >= 11 is 0. The van der Waals surface area contributed by atoms with Crippen molar-refractivity contribution in [1.82, 2.24) is 52.3 Å². The lowest BCUT2D eigenvalue weighted by molar-refractivity contribution is -0.142. The molecule has 1 rings (SSSR count). The minimum atomic E-state index is -1.62. The molecular formula is C46H83N13O11. The van der Waals surface area contributed by atoms with Crippen molar-refractivity contribution in [1.29, 1.82) is 0 Å². The maximum Gasteiger partial charge on any atom is 0.245 e. The predicted molar refractivity (Wildman–Crippen MR) is 262 cm³/mol. The molecule has 1 saturated heterocycles. The predicted octanol–water partition coefficient (Wildman–Crippen LogP) is -2.40. The molecule has 1 aliphatic heterocycles. The van der Waals surface area contributed by atoms with E-state index in [2.05, 4.69) is 47.5 Å². The van der Waals surface area contributed by atoms with Gasteiger partial charge in [0.2, 0.25) is 59.1 Å². The smallest absolute Gasteiger partial charge is 0.245 e. The number of likely N-dealkylation sites (tertiary alicyclic amines) is 1. The minimum Gasteiger partial charge on any atom is -0.391 e. The molecule has 0 aliphatic carbocycles. The van der Waals surface area contributed by atoms with Crippen LogP contribution in [0.2, 0.25) is 0 Å². The van der Waals surface area contributed by atoms with E-state index in [1.165, 1.54) is 25.8 Å². The van der Waals surface area contributed by atoms with Gasteiger partial charge in [0.1, 0.15) is 42.3 Å². The average molecular weight is 994 g/mol. The fourth-order valence-corrected chi connectivity index (χ4v) is 7.57. The van der Waals surface area contributed by atoms with E-state index in [1.54, 1.807) is 41.5 Å². The first-order valence-electron chi connectivity index (χ1n) is 24.3. The van der Waals surface area contributed by atoms with Crippen LogP contribution in [0.1, 0.15) is 121 Å². The molecule has 70 heavy (non-hydrogen) atoms. The van der Waals surface area contributed by atoms with Crippen LogP contribution in [-0.4, -0.2) is 168 Å². The number of nitrogens with zero attached hydrogens (tertiary/aromatic N) is 3.